The molecule has 0 saturated carbocycles. The third-order valence-corrected chi connectivity index (χ3v) is 9.00. The first kappa shape index (κ1) is 19.6. The average Bonchev–Trinajstić information content (AvgIpc) is 2.49. The van der Waals surface area contributed by atoms with Crippen molar-refractivity contribution in [2.45, 2.75) is 58.2 Å². The van der Waals surface area contributed by atoms with Gasteiger partial charge < -0.3 is 9.22 Å². The zero-order valence-electron chi connectivity index (χ0n) is 15.2. The van der Waals surface area contributed by atoms with E-state index in [1.54, 1.807) is 0 Å². The Morgan fingerprint density at radius 2 is 1.87 bits per heavy atom. The molecule has 0 aliphatic carbocycles. The number of hydrogen-bond acceptors (Lipinski definition) is 2. The zero-order chi connectivity index (χ0) is 17.3. The predicted molar refractivity (Wildman–Crippen MR) is 101 cm³/mol. The van der Waals surface area contributed by atoms with Gasteiger partial charge in [-0.05, 0) is 48.2 Å². The normalized spacial score (nSPS) is 11.7. The van der Waals surface area contributed by atoms with E-state index in [1.165, 1.54) is 0 Å². The first-order valence-corrected chi connectivity index (χ1v) is 11.2. The molecule has 0 bridgehead atoms. The Balaban J connectivity index is 2.58. The molecule has 0 N–H and O–H groups in total. The van der Waals surface area contributed by atoms with Gasteiger partial charge in [0.25, 0.3) is 0 Å². The number of hydrogen-bond donors (Lipinski definition) is 0. The highest BCUT2D eigenvalue weighted by atomic mass is 28.4. The molecular formula is C20H30O2Si. The van der Waals surface area contributed by atoms with Crippen molar-refractivity contribution in [2.75, 3.05) is 6.61 Å². The summed E-state index contributed by atoms with van der Waals surface area (Å²) in [5.41, 5.74) is 5.43. The highest BCUT2D eigenvalue weighted by molar-refractivity contribution is 6.74. The monoisotopic (exact) mass is 330 g/mol. The Labute approximate surface area is 142 Å². The first-order chi connectivity index (χ1) is 10.8. The van der Waals surface area contributed by atoms with Gasteiger partial charge >= 0.3 is 0 Å². The second-order valence-electron chi connectivity index (χ2n) is 7.39. The summed E-state index contributed by atoms with van der Waals surface area (Å²) in [7, 11) is -1.67. The van der Waals surface area contributed by atoms with Crippen LogP contribution < -0.4 is 0 Å². The van der Waals surface area contributed by atoms with Crippen molar-refractivity contribution in [3.8, 4) is 0 Å². The fraction of sp³-hybridized carbons (Fsp3) is 0.500. The maximum Gasteiger partial charge on any atom is 0.191 e. The molecule has 0 radical (unpaired) electrons. The Kier molecular flexibility index (Phi) is 7.70. The Morgan fingerprint density at radius 1 is 1.22 bits per heavy atom. The van der Waals surface area contributed by atoms with Gasteiger partial charge in [0.15, 0.2) is 8.32 Å². The molecule has 126 valence electrons. The Bertz CT molecular complexity index is 547. The number of rotatable bonds is 8. The van der Waals surface area contributed by atoms with E-state index in [0.717, 1.165) is 36.9 Å². The summed E-state index contributed by atoms with van der Waals surface area (Å²) in [5.74, 6) is 0. The molecule has 0 aliphatic heterocycles. The summed E-state index contributed by atoms with van der Waals surface area (Å²) >= 11 is 0. The van der Waals surface area contributed by atoms with E-state index in [9.17, 15) is 4.79 Å². The van der Waals surface area contributed by atoms with E-state index in [0.29, 0.717) is 6.42 Å². The molecule has 0 spiro atoms. The number of aldehydes is 1. The van der Waals surface area contributed by atoms with E-state index in [4.69, 9.17) is 4.43 Å². The molecule has 2 nitrogen and oxygen atoms in total. The molecule has 1 aromatic rings. The van der Waals surface area contributed by atoms with Gasteiger partial charge in [0.05, 0.1) is 0 Å². The maximum absolute atomic E-state index is 10.9. The van der Waals surface area contributed by atoms with Crippen LogP contribution in [0.25, 0.3) is 6.08 Å². The smallest absolute Gasteiger partial charge is 0.191 e. The molecule has 1 aromatic carbocycles. The second-order valence-corrected chi connectivity index (χ2v) is 12.2. The third kappa shape index (κ3) is 7.13. The van der Waals surface area contributed by atoms with Crippen molar-refractivity contribution in [2.24, 2.45) is 0 Å². The van der Waals surface area contributed by atoms with Crippen LogP contribution in [0.1, 0.15) is 45.6 Å². The largest absolute Gasteiger partial charge is 0.417 e. The summed E-state index contributed by atoms with van der Waals surface area (Å²) in [6.45, 7) is 12.0. The van der Waals surface area contributed by atoms with E-state index in [1.807, 2.05) is 36.4 Å². The minimum Gasteiger partial charge on any atom is -0.417 e. The fourth-order valence-corrected chi connectivity index (χ4v) is 2.99. The van der Waals surface area contributed by atoms with Gasteiger partial charge in [-0.1, -0.05) is 51.1 Å². The van der Waals surface area contributed by atoms with Crippen LogP contribution in [-0.4, -0.2) is 21.2 Å². The second kappa shape index (κ2) is 9.02. The van der Waals surface area contributed by atoms with Crippen molar-refractivity contribution in [3.05, 3.63) is 47.2 Å². The molecule has 1 rings (SSSR count). The molecule has 0 aliphatic rings. The van der Waals surface area contributed by atoms with Crippen LogP contribution in [-0.2, 0) is 9.22 Å². The van der Waals surface area contributed by atoms with Crippen molar-refractivity contribution in [3.63, 3.8) is 0 Å². The van der Waals surface area contributed by atoms with Gasteiger partial charge in [-0.2, -0.15) is 0 Å². The predicted octanol–water partition coefficient (Wildman–Crippen LogP) is 5.62. The fourth-order valence-electron chi connectivity index (χ4n) is 1.90. The molecule has 0 fully saturated rings. The summed E-state index contributed by atoms with van der Waals surface area (Å²) in [6, 6.07) is 10.1. The van der Waals surface area contributed by atoms with E-state index < -0.39 is 8.32 Å². The van der Waals surface area contributed by atoms with Crippen molar-refractivity contribution >= 4 is 20.7 Å². The van der Waals surface area contributed by atoms with Crippen molar-refractivity contribution < 1.29 is 9.22 Å². The van der Waals surface area contributed by atoms with Gasteiger partial charge in [0.2, 0.25) is 0 Å². The van der Waals surface area contributed by atoms with Crippen LogP contribution in [0.2, 0.25) is 18.1 Å². The molecule has 0 atom stereocenters. The molecule has 0 unspecified atom stereocenters. The summed E-state index contributed by atoms with van der Waals surface area (Å²) < 4.78 is 6.18. The molecule has 0 heterocycles. The molecule has 0 saturated heterocycles. The van der Waals surface area contributed by atoms with Gasteiger partial charge in [-0.25, -0.2) is 0 Å². The van der Waals surface area contributed by atoms with Crippen LogP contribution in [0, 0.1) is 0 Å². The van der Waals surface area contributed by atoms with Crippen LogP contribution in [0.4, 0.5) is 0 Å². The highest BCUT2D eigenvalue weighted by Gasteiger charge is 2.36. The topological polar surface area (TPSA) is 26.3 Å². The summed E-state index contributed by atoms with van der Waals surface area (Å²) in [6.07, 6.45) is 5.15. The lowest BCUT2D eigenvalue weighted by Crippen LogP contribution is -2.40. The van der Waals surface area contributed by atoms with Crippen molar-refractivity contribution in [1.82, 2.24) is 0 Å². The van der Waals surface area contributed by atoms with Crippen LogP contribution >= 0.6 is 0 Å². The number of carbonyl (C=O) groups excluding carboxylic acids is 1. The maximum atomic E-state index is 10.9. The number of allylic oxidation sites excluding steroid dienone is 1. The van der Waals surface area contributed by atoms with Crippen molar-refractivity contribution in [1.29, 1.82) is 0 Å². The molecule has 23 heavy (non-hydrogen) atoms. The summed E-state index contributed by atoms with van der Waals surface area (Å²) in [5, 5.41) is 0.238. The number of carbonyl (C=O) groups is 1. The van der Waals surface area contributed by atoms with Gasteiger partial charge in [0, 0.05) is 13.0 Å². The zero-order valence-corrected chi connectivity index (χ0v) is 16.2. The molecule has 3 heteroatoms. The van der Waals surface area contributed by atoms with E-state index >= 15 is 0 Å². The van der Waals surface area contributed by atoms with Gasteiger partial charge in [-0.15, -0.1) is 5.73 Å². The lowest BCUT2D eigenvalue weighted by atomic mass is 10.1. The minimum absolute atomic E-state index is 0.238. The minimum atomic E-state index is -1.67. The quantitative estimate of drug-likeness (QED) is 0.268. The summed E-state index contributed by atoms with van der Waals surface area (Å²) in [4.78, 5) is 10.9. The lowest BCUT2D eigenvalue weighted by Gasteiger charge is -2.36. The highest BCUT2D eigenvalue weighted by Crippen LogP contribution is 2.36. The van der Waals surface area contributed by atoms with Crippen LogP contribution in [0.3, 0.4) is 0 Å². The number of benzene rings is 1. The Hall–Kier alpha value is -1.41. The third-order valence-electron chi connectivity index (χ3n) is 4.46. The Morgan fingerprint density at radius 3 is 2.43 bits per heavy atom. The lowest BCUT2D eigenvalue weighted by molar-refractivity contribution is -0.107. The average molecular weight is 331 g/mol. The first-order valence-electron chi connectivity index (χ1n) is 8.33. The van der Waals surface area contributed by atoms with Crippen LogP contribution in [0.15, 0.2) is 41.6 Å². The molecular weight excluding hydrogens is 300 g/mol. The molecule has 0 aromatic heterocycles. The SMILES string of the molecule is CC(C)(C)[Si](C)(C)OCCCC(=C=Cc1ccccc1)CC=O. The van der Waals surface area contributed by atoms with E-state index in [-0.39, 0.29) is 5.04 Å². The van der Waals surface area contributed by atoms with Gasteiger partial charge in [0.1, 0.15) is 6.29 Å². The molecule has 0 amide bonds. The standard InChI is InChI=1S/C20H30O2Si/c1-20(2,3)23(4,5)22-17-9-12-19(15-16-21)14-13-18-10-7-6-8-11-18/h6-8,10-11,13,16H,9,12,15,17H2,1-5H3. The van der Waals surface area contributed by atoms with Crippen LogP contribution in [0.5, 0.6) is 0 Å². The van der Waals surface area contributed by atoms with E-state index in [2.05, 4.69) is 39.6 Å². The van der Waals surface area contributed by atoms with Gasteiger partial charge in [-0.3, -0.25) is 0 Å².